The van der Waals surface area contributed by atoms with Crippen molar-refractivity contribution in [1.29, 1.82) is 0 Å². The molecule has 0 aliphatic carbocycles. The van der Waals surface area contributed by atoms with Crippen LogP contribution in [0.1, 0.15) is 15.9 Å². The largest absolute Gasteiger partial charge is 0.410 e. The number of benzene rings is 2. The van der Waals surface area contributed by atoms with Gasteiger partial charge in [-0.3, -0.25) is 4.79 Å². The fraction of sp³-hybridized carbons (Fsp3) is 0.0625. The molecule has 2 aromatic carbocycles. The summed E-state index contributed by atoms with van der Waals surface area (Å²) in [5.41, 5.74) is 0.0708. The Morgan fingerprint density at radius 2 is 1.48 bits per heavy atom. The van der Waals surface area contributed by atoms with Crippen LogP contribution in [-0.2, 0) is 0 Å². The Labute approximate surface area is 128 Å². The summed E-state index contributed by atoms with van der Waals surface area (Å²) < 4.78 is 38.9. The average molecular weight is 355 g/mol. The molecule has 0 saturated heterocycles. The van der Waals surface area contributed by atoms with Gasteiger partial charge in [0.15, 0.2) is 5.78 Å². The van der Waals surface area contributed by atoms with Crippen LogP contribution in [-0.4, -0.2) is 12.0 Å². The predicted molar refractivity (Wildman–Crippen MR) is 78.9 cm³/mol. The summed E-state index contributed by atoms with van der Waals surface area (Å²) in [6.45, 7) is 0. The highest BCUT2D eigenvalue weighted by Gasteiger charge is 2.28. The Balaban J connectivity index is 2.50. The number of halogens is 4. The first-order valence-electron chi connectivity index (χ1n) is 6.02. The number of alkyl halides is 3. The van der Waals surface area contributed by atoms with Crippen molar-refractivity contribution < 1.29 is 18.0 Å². The van der Waals surface area contributed by atoms with E-state index < -0.39 is 12.0 Å². The molecule has 0 atom stereocenters. The Bertz CT molecular complexity index is 658. The number of Topliss-reactive ketones (excluding diaryl/α,β-unsaturated/α-hetero) is 1. The van der Waals surface area contributed by atoms with E-state index in [1.807, 2.05) is 0 Å². The van der Waals surface area contributed by atoms with Gasteiger partial charge >= 0.3 is 6.18 Å². The van der Waals surface area contributed by atoms with Gasteiger partial charge in [0, 0.05) is 21.7 Å². The van der Waals surface area contributed by atoms with Gasteiger partial charge in [0.1, 0.15) is 0 Å². The summed E-state index contributed by atoms with van der Waals surface area (Å²) in [5, 5.41) is 0. The summed E-state index contributed by atoms with van der Waals surface area (Å²) in [7, 11) is 0. The normalized spacial score (nSPS) is 12.3. The third kappa shape index (κ3) is 4.29. The highest BCUT2D eigenvalue weighted by atomic mass is 79.9. The first kappa shape index (κ1) is 15.5. The standard InChI is InChI=1S/C16H10BrF3O/c17-13-8-6-11(7-9-13)14(10-16(18,19)20)15(21)12-4-2-1-3-5-12/h1-10H. The molecule has 0 radical (unpaired) electrons. The molecule has 0 amide bonds. The molecular formula is C16H10BrF3O. The van der Waals surface area contributed by atoms with Crippen LogP contribution in [0.2, 0.25) is 0 Å². The van der Waals surface area contributed by atoms with Crippen molar-refractivity contribution in [2.75, 3.05) is 0 Å². The summed E-state index contributed by atoms with van der Waals surface area (Å²) >= 11 is 3.21. The van der Waals surface area contributed by atoms with Crippen LogP contribution in [0.4, 0.5) is 13.2 Å². The molecule has 108 valence electrons. The zero-order valence-corrected chi connectivity index (χ0v) is 12.3. The van der Waals surface area contributed by atoms with E-state index in [9.17, 15) is 18.0 Å². The zero-order valence-electron chi connectivity index (χ0n) is 10.7. The first-order chi connectivity index (χ1) is 9.87. The molecule has 0 N–H and O–H groups in total. The lowest BCUT2D eigenvalue weighted by Crippen LogP contribution is -2.09. The lowest BCUT2D eigenvalue weighted by molar-refractivity contribution is -0.0793. The molecule has 0 aromatic heterocycles. The number of ketones is 1. The average Bonchev–Trinajstić information content (AvgIpc) is 2.45. The third-order valence-corrected chi connectivity index (χ3v) is 3.27. The van der Waals surface area contributed by atoms with Crippen molar-refractivity contribution in [2.45, 2.75) is 6.18 Å². The lowest BCUT2D eigenvalue weighted by atomic mass is 9.96. The Hall–Kier alpha value is -1.88. The highest BCUT2D eigenvalue weighted by molar-refractivity contribution is 9.10. The molecule has 0 unspecified atom stereocenters. The Kier molecular flexibility index (Phi) is 4.63. The predicted octanol–water partition coefficient (Wildman–Crippen LogP) is 5.28. The van der Waals surface area contributed by atoms with E-state index in [0.717, 1.165) is 4.47 Å². The number of carbonyl (C=O) groups is 1. The smallest absolute Gasteiger partial charge is 0.289 e. The molecule has 5 heteroatoms. The van der Waals surface area contributed by atoms with E-state index in [0.29, 0.717) is 0 Å². The Morgan fingerprint density at radius 1 is 0.905 bits per heavy atom. The van der Waals surface area contributed by atoms with Crippen molar-refractivity contribution in [3.05, 3.63) is 76.3 Å². The summed E-state index contributed by atoms with van der Waals surface area (Å²) in [4.78, 5) is 12.3. The number of hydrogen-bond acceptors (Lipinski definition) is 1. The fourth-order valence-corrected chi connectivity index (χ4v) is 2.08. The lowest BCUT2D eigenvalue weighted by Gasteiger charge is -2.09. The second kappa shape index (κ2) is 6.26. The van der Waals surface area contributed by atoms with Crippen LogP contribution in [0, 0.1) is 0 Å². The molecule has 1 nitrogen and oxygen atoms in total. The van der Waals surface area contributed by atoms with Gasteiger partial charge in [-0.05, 0) is 17.7 Å². The van der Waals surface area contributed by atoms with Crippen molar-refractivity contribution in [3.8, 4) is 0 Å². The molecule has 0 saturated carbocycles. The van der Waals surface area contributed by atoms with Crippen LogP contribution >= 0.6 is 15.9 Å². The van der Waals surface area contributed by atoms with Gasteiger partial charge in [0.2, 0.25) is 0 Å². The molecule has 0 fully saturated rings. The van der Waals surface area contributed by atoms with Gasteiger partial charge in [0.25, 0.3) is 0 Å². The van der Waals surface area contributed by atoms with Crippen molar-refractivity contribution in [1.82, 2.24) is 0 Å². The van der Waals surface area contributed by atoms with E-state index >= 15 is 0 Å². The summed E-state index contributed by atoms with van der Waals surface area (Å²) in [6.07, 6.45) is -4.52. The summed E-state index contributed by atoms with van der Waals surface area (Å²) in [6, 6.07) is 14.0. The number of hydrogen-bond donors (Lipinski definition) is 0. The monoisotopic (exact) mass is 354 g/mol. The topological polar surface area (TPSA) is 17.1 Å². The van der Waals surface area contributed by atoms with E-state index in [1.165, 1.54) is 24.3 Å². The zero-order chi connectivity index (χ0) is 15.5. The second-order valence-corrected chi connectivity index (χ2v) is 5.22. The summed E-state index contributed by atoms with van der Waals surface area (Å²) in [5.74, 6) is -0.657. The molecule has 0 aliphatic rings. The molecule has 0 bridgehead atoms. The molecule has 2 aromatic rings. The molecule has 0 spiro atoms. The SMILES string of the molecule is O=C(C(=CC(F)(F)F)c1ccc(Br)cc1)c1ccccc1. The van der Waals surface area contributed by atoms with Gasteiger partial charge in [-0.1, -0.05) is 58.4 Å². The maximum atomic E-state index is 12.7. The minimum absolute atomic E-state index is 0.0472. The minimum atomic E-state index is -4.56. The van der Waals surface area contributed by atoms with Crippen molar-refractivity contribution in [3.63, 3.8) is 0 Å². The molecule has 21 heavy (non-hydrogen) atoms. The van der Waals surface area contributed by atoms with Gasteiger partial charge in [-0.2, -0.15) is 13.2 Å². The molecule has 0 aliphatic heterocycles. The Morgan fingerprint density at radius 3 is 2.00 bits per heavy atom. The number of rotatable bonds is 3. The third-order valence-electron chi connectivity index (χ3n) is 2.74. The second-order valence-electron chi connectivity index (χ2n) is 4.30. The maximum Gasteiger partial charge on any atom is 0.410 e. The number of carbonyl (C=O) groups excluding carboxylic acids is 1. The molecule has 0 heterocycles. The van der Waals surface area contributed by atoms with Crippen molar-refractivity contribution in [2.24, 2.45) is 0 Å². The van der Waals surface area contributed by atoms with E-state index in [2.05, 4.69) is 15.9 Å². The van der Waals surface area contributed by atoms with Crippen molar-refractivity contribution >= 4 is 27.3 Å². The van der Waals surface area contributed by atoms with E-state index in [4.69, 9.17) is 0 Å². The number of allylic oxidation sites excluding steroid dienone is 2. The van der Waals surface area contributed by atoms with Gasteiger partial charge in [-0.15, -0.1) is 0 Å². The van der Waals surface area contributed by atoms with Crippen LogP contribution in [0.25, 0.3) is 5.57 Å². The van der Waals surface area contributed by atoms with Crippen LogP contribution in [0.15, 0.2) is 65.1 Å². The van der Waals surface area contributed by atoms with E-state index in [1.54, 1.807) is 30.3 Å². The van der Waals surface area contributed by atoms with Gasteiger partial charge in [-0.25, -0.2) is 0 Å². The van der Waals surface area contributed by atoms with Crippen LogP contribution in [0.5, 0.6) is 0 Å². The highest BCUT2D eigenvalue weighted by Crippen LogP contribution is 2.27. The van der Waals surface area contributed by atoms with Crippen LogP contribution < -0.4 is 0 Å². The quantitative estimate of drug-likeness (QED) is 0.541. The molecular weight excluding hydrogens is 345 g/mol. The molecule has 2 rings (SSSR count). The fourth-order valence-electron chi connectivity index (χ4n) is 1.82. The van der Waals surface area contributed by atoms with E-state index in [-0.39, 0.29) is 22.8 Å². The van der Waals surface area contributed by atoms with Gasteiger partial charge < -0.3 is 0 Å². The van der Waals surface area contributed by atoms with Crippen LogP contribution in [0.3, 0.4) is 0 Å². The first-order valence-corrected chi connectivity index (χ1v) is 6.81. The minimum Gasteiger partial charge on any atom is -0.289 e. The van der Waals surface area contributed by atoms with Gasteiger partial charge in [0.05, 0.1) is 0 Å². The maximum absolute atomic E-state index is 12.7.